The molecule has 0 aliphatic rings. The molecule has 1 rings (SSSR count). The number of hydrogen-bond acceptors (Lipinski definition) is 4. The molecule has 0 saturated carbocycles. The van der Waals surface area contributed by atoms with Crippen molar-refractivity contribution in [3.05, 3.63) is 48.1 Å². The highest BCUT2D eigenvalue weighted by molar-refractivity contribution is 5.97. The van der Waals surface area contributed by atoms with E-state index in [2.05, 4.69) is 6.58 Å². The highest BCUT2D eigenvalue weighted by atomic mass is 16.5. The van der Waals surface area contributed by atoms with E-state index >= 15 is 0 Å². The second-order valence-electron chi connectivity index (χ2n) is 3.56. The Morgan fingerprint density at radius 3 is 2.63 bits per heavy atom. The van der Waals surface area contributed by atoms with Gasteiger partial charge < -0.3 is 9.47 Å². The standard InChI is InChI=1S/C15H15NO3/c1-3-9-19-14-7-5-12(6-8-14)10-13(11-16)15(17)18-4-2/h3,5-8,10H,1,4,9H2,2H3/b13-10+. The molecule has 0 radical (unpaired) electrons. The quantitative estimate of drug-likeness (QED) is 0.340. The molecule has 0 N–H and O–H groups in total. The van der Waals surface area contributed by atoms with Gasteiger partial charge in [-0.15, -0.1) is 0 Å². The van der Waals surface area contributed by atoms with Crippen molar-refractivity contribution in [2.45, 2.75) is 6.92 Å². The molecule has 1 aromatic rings. The van der Waals surface area contributed by atoms with Crippen LogP contribution in [0.2, 0.25) is 0 Å². The average Bonchev–Trinajstić information content (AvgIpc) is 2.44. The fourth-order valence-electron chi connectivity index (χ4n) is 1.33. The monoisotopic (exact) mass is 257 g/mol. The summed E-state index contributed by atoms with van der Waals surface area (Å²) in [7, 11) is 0. The first-order chi connectivity index (χ1) is 9.21. The van der Waals surface area contributed by atoms with E-state index in [1.54, 1.807) is 37.3 Å². The van der Waals surface area contributed by atoms with Crippen LogP contribution in [0, 0.1) is 11.3 Å². The molecule has 0 heterocycles. The SMILES string of the molecule is C=CCOc1ccc(/C=C(\C#N)C(=O)OCC)cc1. The van der Waals surface area contributed by atoms with Gasteiger partial charge in [0.2, 0.25) is 0 Å². The molecule has 0 aromatic heterocycles. The summed E-state index contributed by atoms with van der Waals surface area (Å²) in [5, 5.41) is 8.90. The molecule has 4 nitrogen and oxygen atoms in total. The van der Waals surface area contributed by atoms with Crippen molar-refractivity contribution in [3.63, 3.8) is 0 Å². The van der Waals surface area contributed by atoms with Gasteiger partial charge in [0, 0.05) is 0 Å². The number of carbonyl (C=O) groups is 1. The largest absolute Gasteiger partial charge is 0.490 e. The molecule has 0 amide bonds. The Labute approximate surface area is 112 Å². The second kappa shape index (κ2) is 7.72. The zero-order chi connectivity index (χ0) is 14.1. The van der Waals surface area contributed by atoms with Gasteiger partial charge in [0.15, 0.2) is 0 Å². The first-order valence-corrected chi connectivity index (χ1v) is 5.84. The van der Waals surface area contributed by atoms with E-state index in [-0.39, 0.29) is 12.2 Å². The molecule has 0 saturated heterocycles. The molecule has 0 bridgehead atoms. The highest BCUT2D eigenvalue weighted by Gasteiger charge is 2.09. The van der Waals surface area contributed by atoms with Crippen LogP contribution < -0.4 is 4.74 Å². The number of nitrogens with zero attached hydrogens (tertiary/aromatic N) is 1. The predicted molar refractivity (Wildman–Crippen MR) is 72.4 cm³/mol. The first-order valence-electron chi connectivity index (χ1n) is 5.84. The molecular formula is C15H15NO3. The Morgan fingerprint density at radius 2 is 2.11 bits per heavy atom. The zero-order valence-corrected chi connectivity index (χ0v) is 10.8. The minimum atomic E-state index is -0.614. The lowest BCUT2D eigenvalue weighted by Crippen LogP contribution is -2.05. The van der Waals surface area contributed by atoms with E-state index < -0.39 is 5.97 Å². The maximum absolute atomic E-state index is 11.4. The lowest BCUT2D eigenvalue weighted by atomic mass is 10.1. The fraction of sp³-hybridized carbons (Fsp3) is 0.200. The third kappa shape index (κ3) is 4.68. The summed E-state index contributed by atoms with van der Waals surface area (Å²) in [6.07, 6.45) is 3.14. The Morgan fingerprint density at radius 1 is 1.42 bits per heavy atom. The summed E-state index contributed by atoms with van der Waals surface area (Å²) < 4.78 is 10.1. The number of nitriles is 1. The van der Waals surface area contributed by atoms with E-state index in [9.17, 15) is 4.79 Å². The van der Waals surface area contributed by atoms with Gasteiger partial charge in [0.1, 0.15) is 24.0 Å². The topological polar surface area (TPSA) is 59.3 Å². The van der Waals surface area contributed by atoms with Gasteiger partial charge in [-0.05, 0) is 30.7 Å². The molecular weight excluding hydrogens is 242 g/mol. The van der Waals surface area contributed by atoms with Gasteiger partial charge >= 0.3 is 5.97 Å². The summed E-state index contributed by atoms with van der Waals surface area (Å²) in [5.41, 5.74) is 0.706. The number of esters is 1. The van der Waals surface area contributed by atoms with Gasteiger partial charge in [-0.2, -0.15) is 5.26 Å². The van der Waals surface area contributed by atoms with Crippen molar-refractivity contribution >= 4 is 12.0 Å². The Bertz CT molecular complexity index is 509. The van der Waals surface area contributed by atoms with Gasteiger partial charge in [0.05, 0.1) is 6.61 Å². The number of rotatable bonds is 6. The normalized spacial score (nSPS) is 10.4. The number of carbonyl (C=O) groups excluding carboxylic acids is 1. The summed E-state index contributed by atoms with van der Waals surface area (Å²) in [4.78, 5) is 11.4. The van der Waals surface area contributed by atoms with Gasteiger partial charge in [-0.3, -0.25) is 0 Å². The molecule has 0 aliphatic heterocycles. The van der Waals surface area contributed by atoms with E-state index in [1.807, 2.05) is 6.07 Å². The van der Waals surface area contributed by atoms with Crippen LogP contribution in [0.3, 0.4) is 0 Å². The van der Waals surface area contributed by atoms with Gasteiger partial charge in [0.25, 0.3) is 0 Å². The van der Waals surface area contributed by atoms with Crippen molar-refractivity contribution in [2.75, 3.05) is 13.2 Å². The molecule has 0 aliphatic carbocycles. The highest BCUT2D eigenvalue weighted by Crippen LogP contribution is 2.15. The van der Waals surface area contributed by atoms with E-state index in [4.69, 9.17) is 14.7 Å². The lowest BCUT2D eigenvalue weighted by Gasteiger charge is -2.03. The number of hydrogen-bond donors (Lipinski definition) is 0. The van der Waals surface area contributed by atoms with Crippen molar-refractivity contribution in [2.24, 2.45) is 0 Å². The maximum Gasteiger partial charge on any atom is 0.348 e. The van der Waals surface area contributed by atoms with E-state index in [0.717, 1.165) is 5.56 Å². The Kier molecular flexibility index (Phi) is 5.90. The van der Waals surface area contributed by atoms with Crippen LogP contribution in [0.5, 0.6) is 5.75 Å². The fourth-order valence-corrected chi connectivity index (χ4v) is 1.33. The average molecular weight is 257 g/mol. The second-order valence-corrected chi connectivity index (χ2v) is 3.56. The van der Waals surface area contributed by atoms with Crippen molar-refractivity contribution in [3.8, 4) is 11.8 Å². The molecule has 0 fully saturated rings. The molecule has 0 spiro atoms. The third-order valence-electron chi connectivity index (χ3n) is 2.17. The molecule has 98 valence electrons. The van der Waals surface area contributed by atoms with Crippen molar-refractivity contribution in [1.82, 2.24) is 0 Å². The van der Waals surface area contributed by atoms with Crippen LogP contribution >= 0.6 is 0 Å². The summed E-state index contributed by atoms with van der Waals surface area (Å²) in [6, 6.07) is 8.86. The Hall–Kier alpha value is -2.54. The molecule has 0 atom stereocenters. The number of benzene rings is 1. The molecule has 19 heavy (non-hydrogen) atoms. The predicted octanol–water partition coefficient (Wildman–Crippen LogP) is 2.72. The van der Waals surface area contributed by atoms with Crippen molar-refractivity contribution in [1.29, 1.82) is 5.26 Å². The molecule has 4 heteroatoms. The van der Waals surface area contributed by atoms with E-state index in [1.165, 1.54) is 6.08 Å². The van der Waals surface area contributed by atoms with Crippen LogP contribution in [0.15, 0.2) is 42.5 Å². The number of ether oxygens (including phenoxy) is 2. The minimum absolute atomic E-state index is 0.0263. The third-order valence-corrected chi connectivity index (χ3v) is 2.17. The van der Waals surface area contributed by atoms with Crippen LogP contribution in [0.1, 0.15) is 12.5 Å². The van der Waals surface area contributed by atoms with Crippen LogP contribution in [-0.2, 0) is 9.53 Å². The van der Waals surface area contributed by atoms with E-state index in [0.29, 0.717) is 12.4 Å². The van der Waals surface area contributed by atoms with Crippen molar-refractivity contribution < 1.29 is 14.3 Å². The summed E-state index contributed by atoms with van der Waals surface area (Å²) in [6.45, 7) is 5.93. The summed E-state index contributed by atoms with van der Waals surface area (Å²) in [5.74, 6) is 0.0867. The Balaban J connectivity index is 2.82. The first kappa shape index (κ1) is 14.5. The molecule has 0 unspecified atom stereocenters. The van der Waals surface area contributed by atoms with Gasteiger partial charge in [-0.1, -0.05) is 24.8 Å². The maximum atomic E-state index is 11.4. The van der Waals surface area contributed by atoms with Crippen LogP contribution in [0.4, 0.5) is 0 Å². The minimum Gasteiger partial charge on any atom is -0.490 e. The summed E-state index contributed by atoms with van der Waals surface area (Å²) >= 11 is 0. The zero-order valence-electron chi connectivity index (χ0n) is 10.8. The lowest BCUT2D eigenvalue weighted by molar-refractivity contribution is -0.137. The molecule has 1 aromatic carbocycles. The van der Waals surface area contributed by atoms with Gasteiger partial charge in [-0.25, -0.2) is 4.79 Å². The van der Waals surface area contributed by atoms with Crippen LogP contribution in [-0.4, -0.2) is 19.2 Å². The smallest absolute Gasteiger partial charge is 0.348 e. The van der Waals surface area contributed by atoms with Crippen LogP contribution in [0.25, 0.3) is 6.08 Å².